The van der Waals surface area contributed by atoms with Crippen LogP contribution in [0.15, 0.2) is 54.6 Å². The zero-order valence-electron chi connectivity index (χ0n) is 26.8. The Morgan fingerprint density at radius 1 is 1.02 bits per heavy atom. The Balaban J connectivity index is 1.56. The van der Waals surface area contributed by atoms with Crippen LogP contribution in [0.3, 0.4) is 0 Å². The highest BCUT2D eigenvalue weighted by atomic mass is 16.6. The molecule has 1 aromatic rings. The van der Waals surface area contributed by atoms with Crippen molar-refractivity contribution in [2.45, 2.75) is 81.8 Å². The second-order valence-corrected chi connectivity index (χ2v) is 12.6. The summed E-state index contributed by atoms with van der Waals surface area (Å²) in [5, 5.41) is 12.5. The number of carbonyl (C=O) groups excluding carboxylic acids is 4. The maximum Gasteiger partial charge on any atom is 0.313 e. The van der Waals surface area contributed by atoms with Crippen LogP contribution in [0.25, 0.3) is 0 Å². The number of amides is 3. The SMILES string of the molecule is CCCCCN1C/C=C\CCC(=O)N[C@@H](COC)[C@H](c2ccccc2)OC(=O)[C@@H]2[C@H]3C(=O)N(CCCCO)[C@H](C1=O)[C@]31C=C[C@H]2O1. The zero-order chi connectivity index (χ0) is 32.7. The van der Waals surface area contributed by atoms with Gasteiger partial charge in [-0.3, -0.25) is 19.2 Å². The van der Waals surface area contributed by atoms with Crippen molar-refractivity contribution < 1.29 is 38.5 Å². The van der Waals surface area contributed by atoms with E-state index in [9.17, 15) is 24.3 Å². The van der Waals surface area contributed by atoms with E-state index in [-0.39, 0.29) is 43.9 Å². The molecule has 0 aromatic heterocycles. The number of benzene rings is 1. The molecule has 11 heteroatoms. The third kappa shape index (κ3) is 6.77. The van der Waals surface area contributed by atoms with Crippen LogP contribution in [0.2, 0.25) is 0 Å². The summed E-state index contributed by atoms with van der Waals surface area (Å²) in [5.74, 6) is -3.34. The smallest absolute Gasteiger partial charge is 0.313 e. The van der Waals surface area contributed by atoms with Crippen molar-refractivity contribution in [2.24, 2.45) is 11.8 Å². The van der Waals surface area contributed by atoms with Crippen LogP contribution in [0.5, 0.6) is 0 Å². The first-order chi connectivity index (χ1) is 22.4. The minimum absolute atomic E-state index is 0.0311. The molecule has 4 aliphatic rings. The lowest BCUT2D eigenvalue weighted by molar-refractivity contribution is -0.162. The summed E-state index contributed by atoms with van der Waals surface area (Å²) in [6.45, 7) is 3.24. The molecule has 5 bridgehead atoms. The molecule has 46 heavy (non-hydrogen) atoms. The number of nitrogens with zero attached hydrogens (tertiary/aromatic N) is 2. The van der Waals surface area contributed by atoms with Crippen LogP contribution in [-0.2, 0) is 33.4 Å². The highest BCUT2D eigenvalue weighted by Gasteiger charge is 2.73. The standard InChI is InChI=1S/C35H47N3O8/c1-3-4-10-19-37-20-11-6-9-16-27(40)36-25(23-44-2)30(24-14-7-5-8-15-24)45-34(43)28-26-17-18-35(46-26)29(28)32(41)38(21-12-13-22-39)31(35)33(37)42/h5-8,11,14-15,17-18,25-26,28-31,39H,3-4,9-10,12-13,16,19-23H2,1-2H3,(H,36,40)/b11-6-/t25-,26+,28-,29-,30-,31+,35-/m0/s1. The minimum atomic E-state index is -1.31. The van der Waals surface area contributed by atoms with Gasteiger partial charge in [0.2, 0.25) is 17.7 Å². The fraction of sp³-hybridized carbons (Fsp3) is 0.600. The Labute approximate surface area is 270 Å². The van der Waals surface area contributed by atoms with Crippen LogP contribution in [-0.4, -0.2) is 102 Å². The first-order valence-corrected chi connectivity index (χ1v) is 16.6. The van der Waals surface area contributed by atoms with Gasteiger partial charge in [-0.2, -0.15) is 0 Å². The Hall–Kier alpha value is -3.54. The topological polar surface area (TPSA) is 135 Å². The number of hydrogen-bond donors (Lipinski definition) is 2. The van der Waals surface area contributed by atoms with E-state index in [1.807, 2.05) is 42.5 Å². The molecular weight excluding hydrogens is 590 g/mol. The number of esters is 1. The maximum absolute atomic E-state index is 14.5. The summed E-state index contributed by atoms with van der Waals surface area (Å²) in [5.41, 5.74) is -0.644. The molecule has 7 atom stereocenters. The predicted molar refractivity (Wildman–Crippen MR) is 169 cm³/mol. The molecule has 0 saturated carbocycles. The van der Waals surface area contributed by atoms with E-state index in [4.69, 9.17) is 14.2 Å². The van der Waals surface area contributed by atoms with Crippen molar-refractivity contribution in [1.82, 2.24) is 15.1 Å². The number of methoxy groups -OCH3 is 1. The quantitative estimate of drug-likeness (QED) is 0.215. The lowest BCUT2D eigenvalue weighted by Gasteiger charge is -2.36. The number of nitrogens with one attached hydrogen (secondary N) is 1. The van der Waals surface area contributed by atoms with E-state index in [1.54, 1.807) is 22.0 Å². The molecule has 1 spiro atoms. The highest BCUT2D eigenvalue weighted by Crippen LogP contribution is 2.56. The van der Waals surface area contributed by atoms with Crippen molar-refractivity contribution in [1.29, 1.82) is 0 Å². The van der Waals surface area contributed by atoms with Crippen LogP contribution < -0.4 is 5.32 Å². The van der Waals surface area contributed by atoms with Crippen molar-refractivity contribution in [3.8, 4) is 0 Å². The summed E-state index contributed by atoms with van der Waals surface area (Å²) in [6.07, 6.45) is 10.1. The number of ether oxygens (including phenoxy) is 3. The van der Waals surface area contributed by atoms with Crippen LogP contribution >= 0.6 is 0 Å². The monoisotopic (exact) mass is 637 g/mol. The lowest BCUT2D eigenvalue weighted by atomic mass is 9.74. The van der Waals surface area contributed by atoms with E-state index in [1.165, 1.54) is 7.11 Å². The normalized spacial score (nSPS) is 32.1. The molecule has 0 aliphatic carbocycles. The molecule has 1 aromatic carbocycles. The van der Waals surface area contributed by atoms with Gasteiger partial charge in [-0.25, -0.2) is 0 Å². The van der Waals surface area contributed by atoms with Gasteiger partial charge in [0.1, 0.15) is 23.7 Å². The van der Waals surface area contributed by atoms with Crippen LogP contribution in [0.4, 0.5) is 0 Å². The lowest BCUT2D eigenvalue weighted by Crippen LogP contribution is -2.56. The molecule has 0 unspecified atom stereocenters. The molecule has 4 aliphatic heterocycles. The average Bonchev–Trinajstić information content (AvgIpc) is 3.69. The van der Waals surface area contributed by atoms with Gasteiger partial charge in [0.15, 0.2) is 0 Å². The van der Waals surface area contributed by atoms with Gasteiger partial charge in [0, 0.05) is 39.8 Å². The number of unbranched alkanes of at least 4 members (excludes halogenated alkanes) is 3. The number of cyclic esters (lactones) is 1. The summed E-state index contributed by atoms with van der Waals surface area (Å²) >= 11 is 0. The largest absolute Gasteiger partial charge is 0.455 e. The molecule has 2 saturated heterocycles. The molecule has 4 heterocycles. The second kappa shape index (κ2) is 15.4. The van der Waals surface area contributed by atoms with Gasteiger partial charge < -0.3 is 34.4 Å². The van der Waals surface area contributed by atoms with Gasteiger partial charge in [0.05, 0.1) is 24.7 Å². The number of aliphatic hydroxyl groups excluding tert-OH is 1. The van der Waals surface area contributed by atoms with E-state index in [0.717, 1.165) is 19.3 Å². The Bertz CT molecular complexity index is 1300. The first-order valence-electron chi connectivity index (χ1n) is 16.6. The maximum atomic E-state index is 14.5. The molecule has 11 nitrogen and oxygen atoms in total. The van der Waals surface area contributed by atoms with Gasteiger partial charge >= 0.3 is 5.97 Å². The van der Waals surface area contributed by atoms with Crippen molar-refractivity contribution in [2.75, 3.05) is 40.0 Å². The second-order valence-electron chi connectivity index (χ2n) is 12.6. The number of fused-ring (bicyclic) bond motifs is 2. The first kappa shape index (κ1) is 33.8. The fourth-order valence-corrected chi connectivity index (χ4v) is 7.29. The highest BCUT2D eigenvalue weighted by molar-refractivity contribution is 5.99. The third-order valence-corrected chi connectivity index (χ3v) is 9.49. The fourth-order valence-electron chi connectivity index (χ4n) is 7.29. The van der Waals surface area contributed by atoms with Gasteiger partial charge in [0.25, 0.3) is 0 Å². The predicted octanol–water partition coefficient (Wildman–Crippen LogP) is 2.69. The van der Waals surface area contributed by atoms with Crippen molar-refractivity contribution in [3.63, 3.8) is 0 Å². The number of aliphatic hydroxyl groups is 1. The molecular formula is C35H47N3O8. The molecule has 2 N–H and O–H groups in total. The summed E-state index contributed by atoms with van der Waals surface area (Å²) < 4.78 is 18.2. The summed E-state index contributed by atoms with van der Waals surface area (Å²) in [7, 11) is 1.52. The number of allylic oxidation sites excluding steroid dienone is 1. The summed E-state index contributed by atoms with van der Waals surface area (Å²) in [4.78, 5) is 59.5. The Morgan fingerprint density at radius 3 is 2.54 bits per heavy atom. The number of carbonyl (C=O) groups is 4. The van der Waals surface area contributed by atoms with Gasteiger partial charge in [-0.05, 0) is 31.2 Å². The van der Waals surface area contributed by atoms with Crippen molar-refractivity contribution >= 4 is 23.7 Å². The minimum Gasteiger partial charge on any atom is -0.455 e. The van der Waals surface area contributed by atoms with Crippen molar-refractivity contribution in [3.05, 3.63) is 60.2 Å². The van der Waals surface area contributed by atoms with Gasteiger partial charge in [-0.15, -0.1) is 0 Å². The zero-order valence-corrected chi connectivity index (χ0v) is 26.8. The Morgan fingerprint density at radius 2 is 1.80 bits per heavy atom. The number of likely N-dealkylation sites (tertiary alicyclic amines) is 1. The van der Waals surface area contributed by atoms with E-state index < -0.39 is 47.7 Å². The molecule has 2 fully saturated rings. The average molecular weight is 638 g/mol. The van der Waals surface area contributed by atoms with Crippen LogP contribution in [0.1, 0.15) is 63.5 Å². The molecule has 0 radical (unpaired) electrons. The number of rotatable bonds is 11. The molecule has 5 rings (SSSR count). The number of hydrogen-bond acceptors (Lipinski definition) is 8. The summed E-state index contributed by atoms with van der Waals surface area (Å²) in [6, 6.07) is 7.50. The van der Waals surface area contributed by atoms with E-state index >= 15 is 0 Å². The molecule has 3 amide bonds. The Kier molecular flexibility index (Phi) is 11.3. The van der Waals surface area contributed by atoms with Gasteiger partial charge in [-0.1, -0.05) is 74.4 Å². The van der Waals surface area contributed by atoms with E-state index in [0.29, 0.717) is 37.9 Å². The third-order valence-electron chi connectivity index (χ3n) is 9.49. The van der Waals surface area contributed by atoms with Crippen LogP contribution in [0, 0.1) is 11.8 Å². The molecule has 250 valence electrons. The van der Waals surface area contributed by atoms with E-state index in [2.05, 4.69) is 12.2 Å².